The van der Waals surface area contributed by atoms with Gasteiger partial charge in [-0.15, -0.1) is 0 Å². The van der Waals surface area contributed by atoms with E-state index in [1.165, 1.54) is 4.57 Å². The van der Waals surface area contributed by atoms with Crippen LogP contribution in [0.4, 0.5) is 0 Å². The summed E-state index contributed by atoms with van der Waals surface area (Å²) >= 11 is 6.40. The van der Waals surface area contributed by atoms with Crippen LogP contribution in [-0.2, 0) is 24.6 Å². The lowest BCUT2D eigenvalue weighted by Gasteiger charge is -2.16. The molecule has 8 nitrogen and oxygen atoms in total. The summed E-state index contributed by atoms with van der Waals surface area (Å²) in [5, 5.41) is 9.34. The zero-order valence-corrected chi connectivity index (χ0v) is 19.9. The fourth-order valence-electron chi connectivity index (χ4n) is 3.25. The number of halogens is 1. The van der Waals surface area contributed by atoms with Gasteiger partial charge >= 0.3 is 5.69 Å². The third-order valence-corrected chi connectivity index (χ3v) is 7.00. The Bertz CT molecular complexity index is 1150. The van der Waals surface area contributed by atoms with E-state index in [0.717, 1.165) is 16.2 Å². The van der Waals surface area contributed by atoms with E-state index in [1.807, 2.05) is 30.3 Å². The van der Waals surface area contributed by atoms with Crippen molar-refractivity contribution in [3.05, 3.63) is 62.0 Å². The second-order valence-corrected chi connectivity index (χ2v) is 14.7. The maximum Gasteiger partial charge on any atom is 0.334 e. The number of imidazole rings is 1. The maximum absolute atomic E-state index is 13.2. The highest BCUT2D eigenvalue weighted by atomic mass is 35.5. The van der Waals surface area contributed by atoms with Crippen molar-refractivity contribution < 1.29 is 9.84 Å². The van der Waals surface area contributed by atoms with E-state index in [2.05, 4.69) is 24.6 Å². The Morgan fingerprint density at radius 1 is 1.10 bits per heavy atom. The average molecular weight is 465 g/mol. The fourth-order valence-corrected chi connectivity index (χ4v) is 4.23. The number of nitrogens with zero attached hydrogens (tertiary/aromatic N) is 4. The Labute approximate surface area is 186 Å². The van der Waals surface area contributed by atoms with Crippen LogP contribution >= 0.6 is 11.6 Å². The van der Waals surface area contributed by atoms with Crippen molar-refractivity contribution in [3.8, 4) is 0 Å². The molecular formula is C21H29ClN4O4Si. The first-order valence-electron chi connectivity index (χ1n) is 10.3. The van der Waals surface area contributed by atoms with E-state index in [4.69, 9.17) is 16.3 Å². The number of aliphatic hydroxyl groups excluding tert-OH is 1. The van der Waals surface area contributed by atoms with E-state index in [-0.39, 0.29) is 42.8 Å². The molecule has 0 aliphatic carbocycles. The van der Waals surface area contributed by atoms with Crippen molar-refractivity contribution in [2.45, 2.75) is 51.9 Å². The summed E-state index contributed by atoms with van der Waals surface area (Å²) in [6, 6.07) is 10.5. The van der Waals surface area contributed by atoms with Gasteiger partial charge in [0.15, 0.2) is 11.2 Å². The van der Waals surface area contributed by atoms with Crippen LogP contribution in [0.5, 0.6) is 0 Å². The number of hydrogen-bond acceptors (Lipinski definition) is 5. The van der Waals surface area contributed by atoms with Gasteiger partial charge in [-0.1, -0.05) is 50.0 Å². The SMILES string of the molecule is C[Si](C)(C)CCOCn1c(=O)n(CCCO)c(=O)c2c1nc(Cl)n2Cc1ccccc1. The first kappa shape index (κ1) is 23.5. The lowest BCUT2D eigenvalue weighted by Crippen LogP contribution is -2.41. The van der Waals surface area contributed by atoms with Crippen LogP contribution in [-0.4, -0.2) is 45.1 Å². The Morgan fingerprint density at radius 3 is 2.45 bits per heavy atom. The highest BCUT2D eigenvalue weighted by Gasteiger charge is 2.21. The molecule has 0 saturated carbocycles. The van der Waals surface area contributed by atoms with Crippen LogP contribution < -0.4 is 11.2 Å². The summed E-state index contributed by atoms with van der Waals surface area (Å²) in [5.41, 5.74) is 0.431. The van der Waals surface area contributed by atoms with Gasteiger partial charge < -0.3 is 14.4 Å². The largest absolute Gasteiger partial charge is 0.396 e. The quantitative estimate of drug-likeness (QED) is 0.283. The summed E-state index contributed by atoms with van der Waals surface area (Å²) in [7, 11) is -1.28. The normalized spacial score (nSPS) is 12.0. The van der Waals surface area contributed by atoms with Crippen molar-refractivity contribution in [2.75, 3.05) is 13.2 Å². The maximum atomic E-state index is 13.2. The zero-order valence-electron chi connectivity index (χ0n) is 18.2. The molecule has 0 aliphatic heterocycles. The minimum absolute atomic E-state index is 0.0160. The number of fused-ring (bicyclic) bond motifs is 1. The molecule has 31 heavy (non-hydrogen) atoms. The number of rotatable bonds is 10. The van der Waals surface area contributed by atoms with Crippen LogP contribution in [0.1, 0.15) is 12.0 Å². The molecule has 0 fully saturated rings. The van der Waals surface area contributed by atoms with Gasteiger partial charge in [-0.2, -0.15) is 4.98 Å². The highest BCUT2D eigenvalue weighted by Crippen LogP contribution is 2.18. The van der Waals surface area contributed by atoms with E-state index in [9.17, 15) is 14.7 Å². The number of benzene rings is 1. The van der Waals surface area contributed by atoms with Crippen molar-refractivity contribution >= 4 is 30.8 Å². The molecule has 2 aromatic heterocycles. The second-order valence-electron chi connectivity index (χ2n) is 8.72. The molecule has 0 aliphatic rings. The van der Waals surface area contributed by atoms with Crippen molar-refractivity contribution in [3.63, 3.8) is 0 Å². The molecule has 0 amide bonds. The predicted molar refractivity (Wildman–Crippen MR) is 125 cm³/mol. The minimum Gasteiger partial charge on any atom is -0.396 e. The van der Waals surface area contributed by atoms with Crippen LogP contribution in [0.2, 0.25) is 31.0 Å². The summed E-state index contributed by atoms with van der Waals surface area (Å²) in [5.74, 6) is 0. The third kappa shape index (κ3) is 5.54. The third-order valence-electron chi connectivity index (χ3n) is 5.01. The minimum atomic E-state index is -1.28. The monoisotopic (exact) mass is 464 g/mol. The molecule has 168 valence electrons. The summed E-state index contributed by atoms with van der Waals surface area (Å²) in [4.78, 5) is 30.6. The molecule has 0 unspecified atom stereocenters. The molecule has 3 rings (SSSR count). The first-order valence-corrected chi connectivity index (χ1v) is 14.4. The average Bonchev–Trinajstić information content (AvgIpc) is 3.03. The highest BCUT2D eigenvalue weighted by molar-refractivity contribution is 6.76. The fraction of sp³-hybridized carbons (Fsp3) is 0.476. The number of aromatic nitrogens is 4. The van der Waals surface area contributed by atoms with Gasteiger partial charge in [-0.3, -0.25) is 13.9 Å². The van der Waals surface area contributed by atoms with Crippen LogP contribution in [0.15, 0.2) is 39.9 Å². The van der Waals surface area contributed by atoms with Crippen molar-refractivity contribution in [2.24, 2.45) is 0 Å². The Kier molecular flexibility index (Phi) is 7.53. The van der Waals surface area contributed by atoms with E-state index in [0.29, 0.717) is 13.2 Å². The number of hydrogen-bond donors (Lipinski definition) is 1. The van der Waals surface area contributed by atoms with Crippen LogP contribution in [0.3, 0.4) is 0 Å². The topological polar surface area (TPSA) is 91.3 Å². The Morgan fingerprint density at radius 2 is 1.81 bits per heavy atom. The standard InChI is InChI=1S/C21H29ClN4O4Si/c1-31(2,3)13-12-30-15-26-18-17(19(28)24(21(26)29)10-7-11-27)25(20(22)23-18)14-16-8-5-4-6-9-16/h4-6,8-9,27H,7,10-15H2,1-3H3. The van der Waals surface area contributed by atoms with E-state index >= 15 is 0 Å². The van der Waals surface area contributed by atoms with Crippen LogP contribution in [0.25, 0.3) is 11.2 Å². The van der Waals surface area contributed by atoms with Gasteiger partial charge in [0.25, 0.3) is 5.56 Å². The summed E-state index contributed by atoms with van der Waals surface area (Å²) in [6.45, 7) is 7.59. The van der Waals surface area contributed by atoms with Crippen LogP contribution in [0, 0.1) is 0 Å². The van der Waals surface area contributed by atoms with Gasteiger partial charge in [0.1, 0.15) is 6.73 Å². The molecule has 0 atom stereocenters. The van der Waals surface area contributed by atoms with Gasteiger partial charge in [-0.05, 0) is 29.6 Å². The predicted octanol–water partition coefficient (Wildman–Crippen LogP) is 2.76. The first-order chi connectivity index (χ1) is 14.7. The molecule has 0 spiro atoms. The molecule has 0 saturated heterocycles. The molecule has 3 aromatic rings. The van der Waals surface area contributed by atoms with Gasteiger partial charge in [0.05, 0.1) is 6.54 Å². The summed E-state index contributed by atoms with van der Waals surface area (Å²) < 4.78 is 9.88. The molecule has 0 bridgehead atoms. The summed E-state index contributed by atoms with van der Waals surface area (Å²) in [6.07, 6.45) is 0.289. The Balaban J connectivity index is 2.08. The lowest BCUT2D eigenvalue weighted by molar-refractivity contribution is 0.0853. The molecule has 0 radical (unpaired) electrons. The molecule has 1 N–H and O–H groups in total. The molecule has 2 heterocycles. The smallest absolute Gasteiger partial charge is 0.334 e. The van der Waals surface area contributed by atoms with Gasteiger partial charge in [0.2, 0.25) is 5.28 Å². The number of aliphatic hydroxyl groups is 1. The lowest BCUT2D eigenvalue weighted by atomic mass is 10.2. The van der Waals surface area contributed by atoms with Crippen molar-refractivity contribution in [1.82, 2.24) is 18.7 Å². The number of ether oxygens (including phenoxy) is 1. The van der Waals surface area contributed by atoms with Gasteiger partial charge in [0, 0.05) is 27.8 Å². The van der Waals surface area contributed by atoms with Crippen molar-refractivity contribution in [1.29, 1.82) is 0 Å². The van der Waals surface area contributed by atoms with E-state index in [1.54, 1.807) is 4.57 Å². The van der Waals surface area contributed by atoms with Gasteiger partial charge in [-0.25, -0.2) is 4.79 Å². The van der Waals surface area contributed by atoms with E-state index < -0.39 is 19.3 Å². The molecular weight excluding hydrogens is 436 g/mol. The molecule has 1 aromatic carbocycles. The Hall–Kier alpha value is -2.20. The second kappa shape index (κ2) is 9.95. The molecule has 10 heteroatoms. The zero-order chi connectivity index (χ0) is 22.6.